The molecule has 0 unspecified atom stereocenters. The van der Waals surface area contributed by atoms with Crippen LogP contribution in [0.25, 0.3) is 0 Å². The summed E-state index contributed by atoms with van der Waals surface area (Å²) in [6.07, 6.45) is 0. The van der Waals surface area contributed by atoms with Gasteiger partial charge < -0.3 is 9.64 Å². The molecule has 2 heterocycles. The van der Waals surface area contributed by atoms with E-state index in [4.69, 9.17) is 9.73 Å². The number of methoxy groups -OCH3 is 1. The second kappa shape index (κ2) is 7.44. The Morgan fingerprint density at radius 3 is 2.57 bits per heavy atom. The monoisotopic (exact) mass is 416 g/mol. The highest BCUT2D eigenvalue weighted by Crippen LogP contribution is 2.37. The third-order valence-electron chi connectivity index (χ3n) is 5.25. The molecule has 2 aromatic carbocycles. The molecule has 0 aliphatic carbocycles. The first kappa shape index (κ1) is 19.3. The van der Waals surface area contributed by atoms with Gasteiger partial charge in [-0.15, -0.1) is 0 Å². The number of benzene rings is 2. The Labute approximate surface area is 170 Å². The van der Waals surface area contributed by atoms with Crippen molar-refractivity contribution in [3.05, 3.63) is 59.2 Å². The Morgan fingerprint density at radius 2 is 1.89 bits per heavy atom. The largest absolute Gasteiger partial charge is 0.497 e. The van der Waals surface area contributed by atoms with Gasteiger partial charge in [0.2, 0.25) is 0 Å². The third-order valence-corrected chi connectivity index (χ3v) is 8.50. The van der Waals surface area contributed by atoms with Crippen LogP contribution in [-0.4, -0.2) is 43.5 Å². The normalized spacial score (nSPS) is 22.6. The van der Waals surface area contributed by atoms with Gasteiger partial charge in [-0.05, 0) is 49.2 Å². The molecule has 0 radical (unpaired) electrons. The summed E-state index contributed by atoms with van der Waals surface area (Å²) >= 11 is 1.59. The maximum absolute atomic E-state index is 11.9. The lowest BCUT2D eigenvalue weighted by atomic mass is 10.1. The number of ether oxygens (including phenoxy) is 1. The highest BCUT2D eigenvalue weighted by molar-refractivity contribution is 8.15. The van der Waals surface area contributed by atoms with Crippen molar-refractivity contribution in [3.8, 4) is 5.75 Å². The zero-order chi connectivity index (χ0) is 19.9. The number of rotatable bonds is 4. The second-order valence-electron chi connectivity index (χ2n) is 7.43. The molecule has 7 heteroatoms. The number of hydrogen-bond acceptors (Lipinski definition) is 6. The van der Waals surface area contributed by atoms with Crippen molar-refractivity contribution in [1.29, 1.82) is 0 Å². The van der Waals surface area contributed by atoms with Gasteiger partial charge in [-0.2, -0.15) is 0 Å². The number of aryl methyl sites for hydroxylation is 2. The minimum atomic E-state index is -2.96. The minimum absolute atomic E-state index is 0.0272. The summed E-state index contributed by atoms with van der Waals surface area (Å²) in [5.74, 6) is 1.18. The van der Waals surface area contributed by atoms with E-state index in [1.54, 1.807) is 18.9 Å². The van der Waals surface area contributed by atoms with E-state index in [0.29, 0.717) is 6.54 Å². The fourth-order valence-corrected chi connectivity index (χ4v) is 7.42. The zero-order valence-electron chi connectivity index (χ0n) is 16.3. The standard InChI is InChI=1S/C21H24N2O3S2/c1-14-4-5-15(2)16(10-14)11-23(17-6-8-18(26-3)9-7-17)21-22-19-12-28(24,25)13-20(19)27-21/h4-10,19-20H,11-13H2,1-3H3/t19-,20-/m0/s1. The summed E-state index contributed by atoms with van der Waals surface area (Å²) in [5, 5.41) is 0.926. The quantitative estimate of drug-likeness (QED) is 0.762. The first-order valence-corrected chi connectivity index (χ1v) is 12.0. The molecule has 0 amide bonds. The van der Waals surface area contributed by atoms with Crippen molar-refractivity contribution in [1.82, 2.24) is 0 Å². The molecule has 0 spiro atoms. The molecular formula is C21H24N2O3S2. The lowest BCUT2D eigenvalue weighted by Crippen LogP contribution is -2.28. The molecule has 2 aromatic rings. The summed E-state index contributed by atoms with van der Waals surface area (Å²) in [4.78, 5) is 7.00. The van der Waals surface area contributed by atoms with Gasteiger partial charge in [0.15, 0.2) is 15.0 Å². The van der Waals surface area contributed by atoms with Gasteiger partial charge in [0.05, 0.1) is 31.2 Å². The molecule has 0 bridgehead atoms. The molecule has 5 nitrogen and oxygen atoms in total. The van der Waals surface area contributed by atoms with E-state index in [-0.39, 0.29) is 22.8 Å². The smallest absolute Gasteiger partial charge is 0.164 e. The SMILES string of the molecule is COc1ccc(N(Cc2cc(C)ccc2C)C2=N[C@H]3CS(=O)(=O)C[C@@H]3S2)cc1. The maximum Gasteiger partial charge on any atom is 0.164 e. The number of amidine groups is 1. The third kappa shape index (κ3) is 3.91. The Kier molecular flexibility index (Phi) is 5.14. The maximum atomic E-state index is 11.9. The molecule has 2 aliphatic rings. The van der Waals surface area contributed by atoms with Crippen LogP contribution < -0.4 is 9.64 Å². The molecule has 1 saturated heterocycles. The Bertz CT molecular complexity index is 1020. The number of anilines is 1. The number of sulfone groups is 1. The summed E-state index contributed by atoms with van der Waals surface area (Å²) in [6.45, 7) is 4.90. The van der Waals surface area contributed by atoms with Gasteiger partial charge in [-0.25, -0.2) is 8.42 Å². The lowest BCUT2D eigenvalue weighted by molar-refractivity contribution is 0.415. The Hall–Kier alpha value is -1.99. The van der Waals surface area contributed by atoms with Crippen molar-refractivity contribution >= 4 is 32.5 Å². The highest BCUT2D eigenvalue weighted by atomic mass is 32.2. The number of nitrogens with zero attached hydrogens (tertiary/aromatic N) is 2. The van der Waals surface area contributed by atoms with Crippen LogP contribution in [0.4, 0.5) is 5.69 Å². The summed E-state index contributed by atoms with van der Waals surface area (Å²) in [7, 11) is -1.31. The lowest BCUT2D eigenvalue weighted by Gasteiger charge is -2.26. The molecule has 0 saturated carbocycles. The van der Waals surface area contributed by atoms with E-state index >= 15 is 0 Å². The predicted octanol–water partition coefficient (Wildman–Crippen LogP) is 3.59. The van der Waals surface area contributed by atoms with E-state index < -0.39 is 9.84 Å². The van der Waals surface area contributed by atoms with Crippen LogP contribution in [0.15, 0.2) is 47.5 Å². The van der Waals surface area contributed by atoms with Crippen LogP contribution in [0.3, 0.4) is 0 Å². The van der Waals surface area contributed by atoms with Gasteiger partial charge >= 0.3 is 0 Å². The van der Waals surface area contributed by atoms with Crippen LogP contribution >= 0.6 is 11.8 Å². The summed E-state index contributed by atoms with van der Waals surface area (Å²) in [5.41, 5.74) is 4.72. The van der Waals surface area contributed by atoms with Crippen molar-refractivity contribution in [2.24, 2.45) is 4.99 Å². The second-order valence-corrected chi connectivity index (χ2v) is 10.8. The molecule has 2 atom stereocenters. The van der Waals surface area contributed by atoms with Gasteiger partial charge in [-0.1, -0.05) is 35.5 Å². The van der Waals surface area contributed by atoms with Crippen LogP contribution in [-0.2, 0) is 16.4 Å². The fourth-order valence-electron chi connectivity index (χ4n) is 3.64. The molecule has 0 N–H and O–H groups in total. The van der Waals surface area contributed by atoms with E-state index in [2.05, 4.69) is 36.9 Å². The van der Waals surface area contributed by atoms with Crippen LogP contribution in [0.2, 0.25) is 0 Å². The van der Waals surface area contributed by atoms with Gasteiger partial charge in [0.25, 0.3) is 0 Å². The predicted molar refractivity (Wildman–Crippen MR) is 116 cm³/mol. The first-order valence-electron chi connectivity index (χ1n) is 9.27. The fraction of sp³-hybridized carbons (Fsp3) is 0.381. The van der Waals surface area contributed by atoms with Crippen molar-refractivity contribution in [3.63, 3.8) is 0 Å². The minimum Gasteiger partial charge on any atom is -0.497 e. The molecule has 0 aromatic heterocycles. The summed E-state index contributed by atoms with van der Waals surface area (Å²) in [6, 6.07) is 14.3. The Morgan fingerprint density at radius 1 is 1.14 bits per heavy atom. The molecule has 1 fully saturated rings. The van der Waals surface area contributed by atoms with Crippen molar-refractivity contribution < 1.29 is 13.2 Å². The molecular weight excluding hydrogens is 392 g/mol. The van der Waals surface area contributed by atoms with Crippen molar-refractivity contribution in [2.75, 3.05) is 23.5 Å². The van der Waals surface area contributed by atoms with Gasteiger partial charge in [0.1, 0.15) is 5.75 Å². The van der Waals surface area contributed by atoms with Crippen molar-refractivity contribution in [2.45, 2.75) is 31.7 Å². The number of hydrogen-bond donors (Lipinski definition) is 0. The van der Waals surface area contributed by atoms with E-state index in [0.717, 1.165) is 16.6 Å². The topological polar surface area (TPSA) is 59.0 Å². The number of fused-ring (bicyclic) bond motifs is 1. The number of thioether (sulfide) groups is 1. The molecule has 4 rings (SSSR count). The van der Waals surface area contributed by atoms with E-state index in [1.165, 1.54) is 16.7 Å². The average molecular weight is 417 g/mol. The average Bonchev–Trinajstić information content (AvgIpc) is 3.16. The summed E-state index contributed by atoms with van der Waals surface area (Å²) < 4.78 is 29.1. The van der Waals surface area contributed by atoms with E-state index in [9.17, 15) is 8.42 Å². The van der Waals surface area contributed by atoms with E-state index in [1.807, 2.05) is 24.3 Å². The zero-order valence-corrected chi connectivity index (χ0v) is 17.9. The highest BCUT2D eigenvalue weighted by Gasteiger charge is 2.44. The van der Waals surface area contributed by atoms with Crippen LogP contribution in [0.1, 0.15) is 16.7 Å². The first-order chi connectivity index (χ1) is 13.3. The molecule has 28 heavy (non-hydrogen) atoms. The van der Waals surface area contributed by atoms with Gasteiger partial charge in [0, 0.05) is 10.9 Å². The Balaban J connectivity index is 1.68. The van der Waals surface area contributed by atoms with Crippen LogP contribution in [0, 0.1) is 13.8 Å². The molecule has 2 aliphatic heterocycles. The number of aliphatic imine (C=N–C) groups is 1. The van der Waals surface area contributed by atoms with Crippen LogP contribution in [0.5, 0.6) is 5.75 Å². The van der Waals surface area contributed by atoms with Gasteiger partial charge in [-0.3, -0.25) is 4.99 Å². The molecule has 148 valence electrons.